The van der Waals surface area contributed by atoms with Gasteiger partial charge in [0, 0.05) is 22.1 Å². The van der Waals surface area contributed by atoms with Gasteiger partial charge in [0.25, 0.3) is 0 Å². The molecule has 2 heterocycles. The van der Waals surface area contributed by atoms with Crippen molar-refractivity contribution in [3.8, 4) is 56.0 Å². The number of nitrogens with zero attached hydrogens (tertiary/aromatic N) is 2. The molecule has 0 unspecified atom stereocenters. The smallest absolute Gasteiger partial charge is 0.0715 e. The molecule has 0 aliphatic carbocycles. The molecule has 0 fully saturated rings. The van der Waals surface area contributed by atoms with E-state index in [9.17, 15) is 0 Å². The molecule has 2 aromatic heterocycles. The highest BCUT2D eigenvalue weighted by molar-refractivity contribution is 6.14. The van der Waals surface area contributed by atoms with Gasteiger partial charge in [0.15, 0.2) is 0 Å². The summed E-state index contributed by atoms with van der Waals surface area (Å²) in [6.07, 6.45) is 0. The molecule has 0 bridgehead atoms. The van der Waals surface area contributed by atoms with Gasteiger partial charge in [-0.25, -0.2) is 9.97 Å². The number of aryl methyl sites for hydroxylation is 2. The lowest BCUT2D eigenvalue weighted by Gasteiger charge is -2.16. The molecule has 0 saturated carbocycles. The summed E-state index contributed by atoms with van der Waals surface area (Å²) >= 11 is 0. The van der Waals surface area contributed by atoms with Gasteiger partial charge in [-0.1, -0.05) is 120 Å². The highest BCUT2D eigenvalue weighted by Crippen LogP contribution is 2.40. The molecule has 0 aliphatic heterocycles. The van der Waals surface area contributed by atoms with Crippen molar-refractivity contribution in [2.24, 2.45) is 0 Å². The molecule has 2 nitrogen and oxygen atoms in total. The lowest BCUT2D eigenvalue weighted by atomic mass is 9.89. The fraction of sp³-hybridized carbons (Fsp3) is 0.0417. The normalized spacial score (nSPS) is 11.4. The van der Waals surface area contributed by atoms with Crippen LogP contribution in [0.3, 0.4) is 0 Å². The molecule has 2 heteroatoms. The van der Waals surface area contributed by atoms with Crippen LogP contribution < -0.4 is 0 Å². The van der Waals surface area contributed by atoms with Gasteiger partial charge in [-0.05, 0) is 118 Å². The Kier molecular flexibility index (Phi) is 7.29. The minimum Gasteiger partial charge on any atom is -0.248 e. The van der Waals surface area contributed by atoms with Gasteiger partial charge in [0.2, 0.25) is 0 Å². The van der Waals surface area contributed by atoms with Crippen LogP contribution in [0.4, 0.5) is 0 Å². The molecule has 0 N–H and O–H groups in total. The monoisotopic (exact) mass is 638 g/mol. The zero-order valence-electron chi connectivity index (χ0n) is 28.1. The van der Waals surface area contributed by atoms with Crippen LogP contribution in [0.1, 0.15) is 11.1 Å². The molecule has 0 spiro atoms. The summed E-state index contributed by atoms with van der Waals surface area (Å²) in [7, 11) is 0. The van der Waals surface area contributed by atoms with E-state index in [1.54, 1.807) is 0 Å². The van der Waals surface area contributed by atoms with E-state index in [1.165, 1.54) is 38.2 Å². The number of aromatic nitrogens is 2. The molecule has 9 rings (SSSR count). The molecule has 0 radical (unpaired) electrons. The average molecular weight is 639 g/mol. The standard InChI is InChI=1S/C48H34N2/c1-31-11-9-15-35(23-31)47-29-38(30-48(50-47)36-16-10-12-32(2)24-36)37-25-39(27-40(26-37)46-22-21-33-13-4-8-20-45(33)49-46)44-28-34-14-3-5-17-41(34)42-18-6-7-19-43(42)44/h3-30H,1-2H3. The van der Waals surface area contributed by atoms with Crippen molar-refractivity contribution in [2.75, 3.05) is 0 Å². The van der Waals surface area contributed by atoms with Crippen molar-refractivity contribution < 1.29 is 0 Å². The first-order valence-corrected chi connectivity index (χ1v) is 17.1. The first-order valence-electron chi connectivity index (χ1n) is 17.1. The van der Waals surface area contributed by atoms with E-state index in [-0.39, 0.29) is 0 Å². The van der Waals surface area contributed by atoms with Crippen LogP contribution in [-0.2, 0) is 0 Å². The average Bonchev–Trinajstić information content (AvgIpc) is 3.17. The van der Waals surface area contributed by atoms with E-state index in [2.05, 4.69) is 184 Å². The summed E-state index contributed by atoms with van der Waals surface area (Å²) in [6.45, 7) is 4.27. The summed E-state index contributed by atoms with van der Waals surface area (Å²) in [4.78, 5) is 10.4. The van der Waals surface area contributed by atoms with E-state index in [0.717, 1.165) is 61.4 Å². The highest BCUT2D eigenvalue weighted by atomic mass is 14.7. The van der Waals surface area contributed by atoms with Crippen molar-refractivity contribution >= 4 is 32.4 Å². The number of hydrogen-bond acceptors (Lipinski definition) is 2. The predicted octanol–water partition coefficient (Wildman–Crippen LogP) is 12.9. The minimum atomic E-state index is 0.948. The summed E-state index contributed by atoms with van der Waals surface area (Å²) in [5.41, 5.74) is 14.1. The second kappa shape index (κ2) is 12.3. The van der Waals surface area contributed by atoms with E-state index in [1.807, 2.05) is 0 Å². The quantitative estimate of drug-likeness (QED) is 0.175. The van der Waals surface area contributed by atoms with E-state index >= 15 is 0 Å². The molecule has 0 atom stereocenters. The van der Waals surface area contributed by atoms with Crippen LogP contribution in [-0.4, -0.2) is 9.97 Å². The number of pyridine rings is 2. The summed E-state index contributed by atoms with van der Waals surface area (Å²) < 4.78 is 0. The lowest BCUT2D eigenvalue weighted by Crippen LogP contribution is -1.94. The Morgan fingerprint density at radius 2 is 0.900 bits per heavy atom. The summed E-state index contributed by atoms with van der Waals surface area (Å²) in [5, 5.41) is 6.11. The van der Waals surface area contributed by atoms with Crippen LogP contribution in [0.15, 0.2) is 170 Å². The first-order chi connectivity index (χ1) is 24.6. The largest absolute Gasteiger partial charge is 0.248 e. The molecule has 0 aliphatic rings. The maximum Gasteiger partial charge on any atom is 0.0715 e. The number of para-hydroxylation sites is 1. The fourth-order valence-corrected chi connectivity index (χ4v) is 7.22. The molecule has 0 saturated heterocycles. The van der Waals surface area contributed by atoms with E-state index < -0.39 is 0 Å². The Bertz CT molecular complexity index is 2680. The van der Waals surface area contributed by atoms with Crippen LogP contribution in [0.25, 0.3) is 88.5 Å². The van der Waals surface area contributed by atoms with Gasteiger partial charge >= 0.3 is 0 Å². The van der Waals surface area contributed by atoms with Crippen molar-refractivity contribution in [1.29, 1.82) is 0 Å². The van der Waals surface area contributed by atoms with Gasteiger partial charge in [0.05, 0.1) is 22.6 Å². The molecule has 7 aromatic carbocycles. The zero-order valence-corrected chi connectivity index (χ0v) is 28.1. The number of hydrogen-bond donors (Lipinski definition) is 0. The first kappa shape index (κ1) is 29.7. The Balaban J connectivity index is 1.33. The molecule has 0 amide bonds. The Labute approximate surface area is 292 Å². The third-order valence-corrected chi connectivity index (χ3v) is 9.69. The lowest BCUT2D eigenvalue weighted by molar-refractivity contribution is 1.31. The molecule has 236 valence electrons. The topological polar surface area (TPSA) is 25.8 Å². The molecule has 9 aromatic rings. The van der Waals surface area contributed by atoms with E-state index in [0.29, 0.717) is 0 Å². The predicted molar refractivity (Wildman–Crippen MR) is 211 cm³/mol. The SMILES string of the molecule is Cc1cccc(-c2cc(-c3cc(-c4ccc5ccccc5n4)cc(-c4cc5ccccc5c5ccccc45)c3)cc(-c3cccc(C)c3)n2)c1. The molecule has 50 heavy (non-hydrogen) atoms. The number of fused-ring (bicyclic) bond motifs is 4. The van der Waals surface area contributed by atoms with Crippen LogP contribution in [0.5, 0.6) is 0 Å². The maximum atomic E-state index is 5.24. The van der Waals surface area contributed by atoms with Crippen molar-refractivity contribution in [3.05, 3.63) is 181 Å². The maximum absolute atomic E-state index is 5.24. The fourth-order valence-electron chi connectivity index (χ4n) is 7.22. The van der Waals surface area contributed by atoms with Crippen LogP contribution in [0.2, 0.25) is 0 Å². The van der Waals surface area contributed by atoms with Gasteiger partial charge in [-0.3, -0.25) is 0 Å². The second-order valence-electron chi connectivity index (χ2n) is 13.2. The summed E-state index contributed by atoms with van der Waals surface area (Å²) in [5.74, 6) is 0. The van der Waals surface area contributed by atoms with Crippen LogP contribution in [0, 0.1) is 13.8 Å². The highest BCUT2D eigenvalue weighted by Gasteiger charge is 2.15. The zero-order chi connectivity index (χ0) is 33.6. The number of benzene rings is 7. The Morgan fingerprint density at radius 3 is 1.62 bits per heavy atom. The minimum absolute atomic E-state index is 0.948. The van der Waals surface area contributed by atoms with Gasteiger partial charge in [-0.15, -0.1) is 0 Å². The van der Waals surface area contributed by atoms with E-state index in [4.69, 9.17) is 9.97 Å². The molecular formula is C48H34N2. The van der Waals surface area contributed by atoms with Gasteiger partial charge in [-0.2, -0.15) is 0 Å². The van der Waals surface area contributed by atoms with Crippen molar-refractivity contribution in [1.82, 2.24) is 9.97 Å². The van der Waals surface area contributed by atoms with Gasteiger partial charge in [0.1, 0.15) is 0 Å². The van der Waals surface area contributed by atoms with Gasteiger partial charge < -0.3 is 0 Å². The van der Waals surface area contributed by atoms with Crippen LogP contribution >= 0.6 is 0 Å². The third kappa shape index (κ3) is 5.51. The Hall–Kier alpha value is -6.38. The Morgan fingerprint density at radius 1 is 0.320 bits per heavy atom. The van der Waals surface area contributed by atoms with Crippen molar-refractivity contribution in [2.45, 2.75) is 13.8 Å². The summed E-state index contributed by atoms with van der Waals surface area (Å²) in [6, 6.07) is 61.1. The second-order valence-corrected chi connectivity index (χ2v) is 13.2. The van der Waals surface area contributed by atoms with Crippen molar-refractivity contribution in [3.63, 3.8) is 0 Å². The third-order valence-electron chi connectivity index (χ3n) is 9.69. The molecular weight excluding hydrogens is 605 g/mol. The number of rotatable bonds is 5.